The van der Waals surface area contributed by atoms with Gasteiger partial charge in [-0.1, -0.05) is 0 Å². The summed E-state index contributed by atoms with van der Waals surface area (Å²) in [5.74, 6) is 0. The summed E-state index contributed by atoms with van der Waals surface area (Å²) in [4.78, 5) is 0. The van der Waals surface area contributed by atoms with Crippen molar-refractivity contribution in [3.05, 3.63) is 0 Å². The van der Waals surface area contributed by atoms with Crippen molar-refractivity contribution < 1.29 is 4.70 Å². The first-order valence-electron chi connectivity index (χ1n) is 4.32. The highest BCUT2D eigenvalue weighted by Crippen LogP contribution is 2.25. The summed E-state index contributed by atoms with van der Waals surface area (Å²) in [6.45, 7) is 12.1. The first-order valence-corrected chi connectivity index (χ1v) is 4.32. The van der Waals surface area contributed by atoms with E-state index in [2.05, 4.69) is 44.4 Å². The molecule has 0 aromatic rings. The van der Waals surface area contributed by atoms with Gasteiger partial charge in [0.2, 0.25) is 0 Å². The largest absolute Gasteiger partial charge is 0.179 e. The van der Waals surface area contributed by atoms with Gasteiger partial charge in [-0.05, 0) is 19.0 Å². The van der Waals surface area contributed by atoms with Gasteiger partial charge in [0.25, 0.3) is 0 Å². The molecule has 1 heterocycles. The normalized spacial score (nSPS) is 23.5. The van der Waals surface area contributed by atoms with Gasteiger partial charge in [-0.3, -0.25) is 0 Å². The molecule has 0 bridgehead atoms. The average Bonchev–Trinajstić information content (AvgIpc) is 2.07. The third kappa shape index (κ3) is 2.01. The van der Waals surface area contributed by atoms with E-state index in [9.17, 15) is 0 Å². The Morgan fingerprint density at radius 1 is 1.27 bits per heavy atom. The Kier molecular flexibility index (Phi) is 1.81. The third-order valence-corrected chi connectivity index (χ3v) is 2.10. The van der Waals surface area contributed by atoms with Gasteiger partial charge in [0.05, 0.1) is 0 Å². The van der Waals surface area contributed by atoms with Crippen molar-refractivity contribution in [2.24, 2.45) is 5.11 Å². The van der Waals surface area contributed by atoms with E-state index in [1.54, 1.807) is 0 Å². The second-order valence-corrected chi connectivity index (χ2v) is 4.96. The van der Waals surface area contributed by atoms with Crippen LogP contribution in [0.4, 0.5) is 0 Å². The second-order valence-electron chi connectivity index (χ2n) is 4.96. The maximum atomic E-state index is 4.62. The molecule has 0 amide bonds. The van der Waals surface area contributed by atoms with Crippen LogP contribution in [0.5, 0.6) is 0 Å². The number of nitrogens with zero attached hydrogens (tertiary/aromatic N) is 2. The zero-order valence-electron chi connectivity index (χ0n) is 8.31. The minimum absolute atomic E-state index is 0.174. The summed E-state index contributed by atoms with van der Waals surface area (Å²) < 4.78 is 2.20. The summed E-state index contributed by atoms with van der Waals surface area (Å²) in [5.41, 5.74) is 0.376. The third-order valence-electron chi connectivity index (χ3n) is 2.10. The summed E-state index contributed by atoms with van der Waals surface area (Å²) in [6.07, 6.45) is 1.18. The van der Waals surface area contributed by atoms with E-state index >= 15 is 0 Å². The molecule has 2 heteroatoms. The molecular formula is C9H19N2+. The van der Waals surface area contributed by atoms with Crippen molar-refractivity contribution in [2.75, 3.05) is 6.54 Å². The van der Waals surface area contributed by atoms with E-state index in [0.717, 1.165) is 6.54 Å². The van der Waals surface area contributed by atoms with E-state index in [-0.39, 0.29) is 11.1 Å². The molecule has 0 atom stereocenters. The van der Waals surface area contributed by atoms with Gasteiger partial charge in [-0.2, -0.15) is 0 Å². The van der Waals surface area contributed by atoms with Gasteiger partial charge in [0, 0.05) is 27.2 Å². The lowest BCUT2D eigenvalue weighted by Crippen LogP contribution is -2.30. The summed E-state index contributed by atoms with van der Waals surface area (Å²) in [5, 5.41) is 4.62. The Balaban J connectivity index is 2.79. The molecule has 1 aliphatic rings. The molecular weight excluding hydrogens is 136 g/mol. The average molecular weight is 155 g/mol. The highest BCUT2D eigenvalue weighted by molar-refractivity contribution is 4.77. The van der Waals surface area contributed by atoms with Gasteiger partial charge in [0.1, 0.15) is 5.54 Å². The van der Waals surface area contributed by atoms with E-state index in [0.29, 0.717) is 0 Å². The Bertz CT molecular complexity index is 184. The molecule has 2 nitrogen and oxygen atoms in total. The maximum Gasteiger partial charge on any atom is 0.179 e. The molecule has 1 aliphatic heterocycles. The van der Waals surface area contributed by atoms with Crippen LogP contribution in [0.25, 0.3) is 0 Å². The quantitative estimate of drug-likeness (QED) is 0.477. The molecule has 0 aromatic heterocycles. The molecule has 0 radical (unpaired) electrons. The van der Waals surface area contributed by atoms with Gasteiger partial charge < -0.3 is 0 Å². The van der Waals surface area contributed by atoms with Crippen LogP contribution >= 0.6 is 0 Å². The van der Waals surface area contributed by atoms with Crippen LogP contribution in [0, 0.1) is 0 Å². The van der Waals surface area contributed by atoms with E-state index < -0.39 is 0 Å². The molecule has 0 unspecified atom stereocenters. The fraction of sp³-hybridized carbons (Fsp3) is 1.00. The fourth-order valence-electron chi connectivity index (χ4n) is 1.29. The van der Waals surface area contributed by atoms with Crippen LogP contribution in [-0.4, -0.2) is 22.3 Å². The minimum Gasteiger partial charge on any atom is -0.122 e. The Morgan fingerprint density at radius 2 is 1.82 bits per heavy atom. The molecule has 0 saturated heterocycles. The molecule has 11 heavy (non-hydrogen) atoms. The van der Waals surface area contributed by atoms with Gasteiger partial charge >= 0.3 is 0 Å². The van der Waals surface area contributed by atoms with Gasteiger partial charge in [0.15, 0.2) is 12.1 Å². The summed E-state index contributed by atoms with van der Waals surface area (Å²) >= 11 is 0. The van der Waals surface area contributed by atoms with E-state index in [1.165, 1.54) is 6.42 Å². The van der Waals surface area contributed by atoms with Crippen LogP contribution in [0.3, 0.4) is 0 Å². The molecule has 64 valence electrons. The van der Waals surface area contributed by atoms with Crippen molar-refractivity contribution >= 4 is 0 Å². The molecule has 0 fully saturated rings. The topological polar surface area (TPSA) is 15.4 Å². The molecule has 0 aliphatic carbocycles. The Morgan fingerprint density at radius 3 is 2.00 bits per heavy atom. The zero-order chi connectivity index (χ0) is 8.70. The second kappa shape index (κ2) is 2.29. The molecule has 0 saturated carbocycles. The van der Waals surface area contributed by atoms with E-state index in [1.807, 2.05) is 0 Å². The van der Waals surface area contributed by atoms with Gasteiger partial charge in [-0.25, -0.2) is 0 Å². The summed E-state index contributed by atoms with van der Waals surface area (Å²) in [6, 6.07) is 0. The molecule has 1 rings (SSSR count). The van der Waals surface area contributed by atoms with E-state index in [4.69, 9.17) is 0 Å². The monoisotopic (exact) mass is 155 g/mol. The highest BCUT2D eigenvalue weighted by atomic mass is 15.4. The lowest BCUT2D eigenvalue weighted by atomic mass is 10.0. The standard InChI is InChI=1S/C9H19N2/c1-8(2,3)11-7-6-9(4,5)10-11/h6-7H2,1-5H3/q+1. The number of rotatable bonds is 0. The molecule has 0 N–H and O–H groups in total. The Labute approximate surface area is 69.3 Å². The van der Waals surface area contributed by atoms with Crippen molar-refractivity contribution in [1.82, 2.24) is 0 Å². The zero-order valence-corrected chi connectivity index (χ0v) is 8.31. The smallest absolute Gasteiger partial charge is 0.122 e. The summed E-state index contributed by atoms with van der Waals surface area (Å²) in [7, 11) is 0. The SMILES string of the molecule is CC1(C)CC[N+](C(C)(C)C)=N1. The van der Waals surface area contributed by atoms with Crippen molar-refractivity contribution in [2.45, 2.75) is 52.1 Å². The molecule has 0 spiro atoms. The van der Waals surface area contributed by atoms with Crippen LogP contribution in [0.15, 0.2) is 5.11 Å². The molecule has 0 aromatic carbocycles. The van der Waals surface area contributed by atoms with Gasteiger partial charge in [-0.15, -0.1) is 4.70 Å². The lowest BCUT2D eigenvalue weighted by Gasteiger charge is -2.11. The lowest BCUT2D eigenvalue weighted by molar-refractivity contribution is -0.646. The van der Waals surface area contributed by atoms with Crippen LogP contribution < -0.4 is 0 Å². The van der Waals surface area contributed by atoms with Crippen LogP contribution in [-0.2, 0) is 0 Å². The van der Waals surface area contributed by atoms with Crippen molar-refractivity contribution in [3.8, 4) is 0 Å². The first kappa shape index (κ1) is 8.69. The minimum atomic E-state index is 0.174. The van der Waals surface area contributed by atoms with Crippen molar-refractivity contribution in [1.29, 1.82) is 0 Å². The highest BCUT2D eigenvalue weighted by Gasteiger charge is 2.37. The van der Waals surface area contributed by atoms with Crippen LogP contribution in [0.2, 0.25) is 0 Å². The maximum absolute atomic E-state index is 4.62. The predicted octanol–water partition coefficient (Wildman–Crippen LogP) is 2.43. The fourth-order valence-corrected chi connectivity index (χ4v) is 1.29. The Hall–Kier alpha value is -0.400. The first-order chi connectivity index (χ1) is 4.81. The number of hydrogen-bond acceptors (Lipinski definition) is 1. The number of azo groups is 2. The predicted molar refractivity (Wildman–Crippen MR) is 46.0 cm³/mol. The van der Waals surface area contributed by atoms with Crippen molar-refractivity contribution in [3.63, 3.8) is 0 Å². The number of hydrogen-bond donors (Lipinski definition) is 0. The van der Waals surface area contributed by atoms with Crippen LogP contribution in [0.1, 0.15) is 41.0 Å².